The van der Waals surface area contributed by atoms with E-state index < -0.39 is 0 Å². The number of piperidine rings is 1. The molecule has 1 atom stereocenters. The number of carbonyl (C=O) groups excluding carboxylic acids is 2. The van der Waals surface area contributed by atoms with E-state index >= 15 is 0 Å². The Labute approximate surface area is 177 Å². The van der Waals surface area contributed by atoms with E-state index in [1.807, 2.05) is 35.4 Å². The number of nitrogens with two attached hydrogens (primary N) is 1. The highest BCUT2D eigenvalue weighted by Crippen LogP contribution is 2.44. The molecule has 1 spiro atoms. The standard InChI is InChI=1S/C23H29N5O2/c1-2-16-5-3-6-18(13-16)26-19(29)7-8-20(30)28-12-4-10-23(15-28)11-9-17-14-25-22(24)27-21(17)23/h3,5-6,13-14H,2,4,7-12,15H2,1H3,(H,26,29)(H2,24,25,27). The maximum absolute atomic E-state index is 12.9. The lowest BCUT2D eigenvalue weighted by Gasteiger charge is -2.40. The van der Waals surface area contributed by atoms with Gasteiger partial charge in [0.1, 0.15) is 0 Å². The fourth-order valence-corrected chi connectivity index (χ4v) is 4.77. The van der Waals surface area contributed by atoms with Crippen molar-refractivity contribution in [3.8, 4) is 0 Å². The molecule has 1 aliphatic carbocycles. The lowest BCUT2D eigenvalue weighted by Crippen LogP contribution is -2.48. The number of fused-ring (bicyclic) bond motifs is 2. The van der Waals surface area contributed by atoms with Crippen LogP contribution >= 0.6 is 0 Å². The Hall–Kier alpha value is -2.96. The smallest absolute Gasteiger partial charge is 0.224 e. The number of anilines is 2. The zero-order valence-electron chi connectivity index (χ0n) is 17.5. The molecule has 2 heterocycles. The van der Waals surface area contributed by atoms with E-state index in [1.54, 1.807) is 0 Å². The van der Waals surface area contributed by atoms with Gasteiger partial charge < -0.3 is 16.0 Å². The van der Waals surface area contributed by atoms with Gasteiger partial charge in [-0.15, -0.1) is 0 Å². The zero-order valence-corrected chi connectivity index (χ0v) is 17.5. The van der Waals surface area contributed by atoms with Crippen molar-refractivity contribution >= 4 is 23.5 Å². The Balaban J connectivity index is 1.35. The van der Waals surface area contributed by atoms with Gasteiger partial charge in [-0.25, -0.2) is 9.97 Å². The summed E-state index contributed by atoms with van der Waals surface area (Å²) in [5.74, 6) is 0.194. The topological polar surface area (TPSA) is 101 Å². The number of aryl methyl sites for hydroxylation is 2. The second-order valence-electron chi connectivity index (χ2n) is 8.40. The first-order valence-corrected chi connectivity index (χ1v) is 10.8. The van der Waals surface area contributed by atoms with E-state index in [2.05, 4.69) is 22.2 Å². The molecule has 1 fully saturated rings. The molecular weight excluding hydrogens is 378 g/mol. The van der Waals surface area contributed by atoms with Crippen LogP contribution in [0.4, 0.5) is 11.6 Å². The summed E-state index contributed by atoms with van der Waals surface area (Å²) in [5.41, 5.74) is 9.82. The third-order valence-electron chi connectivity index (χ3n) is 6.37. The van der Waals surface area contributed by atoms with E-state index in [9.17, 15) is 9.59 Å². The van der Waals surface area contributed by atoms with Gasteiger partial charge in [0.2, 0.25) is 17.8 Å². The molecule has 30 heavy (non-hydrogen) atoms. The number of rotatable bonds is 5. The first-order valence-electron chi connectivity index (χ1n) is 10.8. The van der Waals surface area contributed by atoms with Crippen LogP contribution in [0.3, 0.4) is 0 Å². The molecule has 1 unspecified atom stereocenters. The molecule has 7 heteroatoms. The van der Waals surface area contributed by atoms with E-state index in [0.717, 1.165) is 55.6 Å². The summed E-state index contributed by atoms with van der Waals surface area (Å²) in [6, 6.07) is 7.81. The van der Waals surface area contributed by atoms with Gasteiger partial charge in [-0.2, -0.15) is 0 Å². The van der Waals surface area contributed by atoms with Gasteiger partial charge in [0.05, 0.1) is 5.69 Å². The van der Waals surface area contributed by atoms with Gasteiger partial charge in [-0.3, -0.25) is 9.59 Å². The summed E-state index contributed by atoms with van der Waals surface area (Å²) in [6.45, 7) is 3.46. The summed E-state index contributed by atoms with van der Waals surface area (Å²) in [5, 5.41) is 2.90. The fraction of sp³-hybridized carbons (Fsp3) is 0.478. The van der Waals surface area contributed by atoms with Crippen LogP contribution < -0.4 is 11.1 Å². The first kappa shape index (κ1) is 20.3. The molecule has 1 saturated heterocycles. The number of benzene rings is 1. The number of aromatic nitrogens is 2. The minimum absolute atomic E-state index is 0.0296. The number of nitrogen functional groups attached to an aromatic ring is 1. The molecule has 0 saturated carbocycles. The van der Waals surface area contributed by atoms with Gasteiger partial charge in [0.25, 0.3) is 0 Å². The van der Waals surface area contributed by atoms with Gasteiger partial charge in [0.15, 0.2) is 0 Å². The van der Waals surface area contributed by atoms with Crippen LogP contribution in [0.5, 0.6) is 0 Å². The number of hydrogen-bond acceptors (Lipinski definition) is 5. The number of carbonyl (C=O) groups is 2. The van der Waals surface area contributed by atoms with E-state index in [1.165, 1.54) is 5.56 Å². The van der Waals surface area contributed by atoms with Crippen LogP contribution in [0.15, 0.2) is 30.5 Å². The Kier molecular flexibility index (Phi) is 5.70. The van der Waals surface area contributed by atoms with Gasteiger partial charge in [0, 0.05) is 43.2 Å². The Morgan fingerprint density at radius 1 is 1.27 bits per heavy atom. The molecule has 1 aromatic carbocycles. The van der Waals surface area contributed by atoms with Crippen molar-refractivity contribution in [2.75, 3.05) is 24.1 Å². The Morgan fingerprint density at radius 3 is 2.97 bits per heavy atom. The van der Waals surface area contributed by atoms with Gasteiger partial charge >= 0.3 is 0 Å². The molecule has 7 nitrogen and oxygen atoms in total. The number of amides is 2. The third-order valence-corrected chi connectivity index (χ3v) is 6.37. The van der Waals surface area contributed by atoms with E-state index in [4.69, 9.17) is 5.73 Å². The largest absolute Gasteiger partial charge is 0.368 e. The number of hydrogen-bond donors (Lipinski definition) is 2. The van der Waals surface area contributed by atoms with Crippen LogP contribution in [-0.4, -0.2) is 39.8 Å². The second-order valence-corrected chi connectivity index (χ2v) is 8.40. The Morgan fingerprint density at radius 2 is 2.13 bits per heavy atom. The van der Waals surface area contributed by atoms with Crippen molar-refractivity contribution in [1.29, 1.82) is 0 Å². The van der Waals surface area contributed by atoms with Crippen LogP contribution in [0, 0.1) is 0 Å². The summed E-state index contributed by atoms with van der Waals surface area (Å²) in [6.07, 6.45) is 6.98. The summed E-state index contributed by atoms with van der Waals surface area (Å²) in [7, 11) is 0. The molecular formula is C23H29N5O2. The molecule has 2 amide bonds. The summed E-state index contributed by atoms with van der Waals surface area (Å²) in [4.78, 5) is 35.7. The van der Waals surface area contributed by atoms with Crippen LogP contribution in [0.1, 0.15) is 55.8 Å². The molecule has 4 rings (SSSR count). The number of likely N-dealkylation sites (tertiary alicyclic amines) is 1. The highest BCUT2D eigenvalue weighted by Gasteiger charge is 2.44. The molecule has 2 aromatic rings. The van der Waals surface area contributed by atoms with Crippen LogP contribution in [0.25, 0.3) is 0 Å². The van der Waals surface area contributed by atoms with E-state index in [-0.39, 0.29) is 30.1 Å². The zero-order chi connectivity index (χ0) is 21.1. The quantitative estimate of drug-likeness (QED) is 0.794. The minimum Gasteiger partial charge on any atom is -0.368 e. The predicted molar refractivity (Wildman–Crippen MR) is 116 cm³/mol. The van der Waals surface area contributed by atoms with Gasteiger partial charge in [-0.05, 0) is 55.4 Å². The highest BCUT2D eigenvalue weighted by atomic mass is 16.2. The van der Waals surface area contributed by atoms with E-state index in [0.29, 0.717) is 12.5 Å². The van der Waals surface area contributed by atoms with Crippen molar-refractivity contribution in [3.63, 3.8) is 0 Å². The average molecular weight is 408 g/mol. The SMILES string of the molecule is CCc1cccc(NC(=O)CCC(=O)N2CCCC3(CCc4cnc(N)nc43)C2)c1. The summed E-state index contributed by atoms with van der Waals surface area (Å²) < 4.78 is 0. The highest BCUT2D eigenvalue weighted by molar-refractivity contribution is 5.93. The summed E-state index contributed by atoms with van der Waals surface area (Å²) >= 11 is 0. The number of nitrogens with zero attached hydrogens (tertiary/aromatic N) is 3. The normalized spacial score (nSPS) is 20.2. The van der Waals surface area contributed by atoms with Crippen molar-refractivity contribution in [2.45, 2.75) is 57.3 Å². The maximum Gasteiger partial charge on any atom is 0.224 e. The average Bonchev–Trinajstić information content (AvgIpc) is 3.09. The minimum atomic E-state index is -0.130. The molecule has 1 aromatic heterocycles. The Bertz CT molecular complexity index is 956. The molecule has 3 N–H and O–H groups in total. The molecule has 158 valence electrons. The molecule has 2 aliphatic rings. The second kappa shape index (κ2) is 8.42. The monoisotopic (exact) mass is 407 g/mol. The third kappa shape index (κ3) is 4.15. The predicted octanol–water partition coefficient (Wildman–Crippen LogP) is 2.85. The van der Waals surface area contributed by atoms with Gasteiger partial charge in [-0.1, -0.05) is 19.1 Å². The fourth-order valence-electron chi connectivity index (χ4n) is 4.77. The lowest BCUT2D eigenvalue weighted by atomic mass is 9.77. The molecule has 1 aliphatic heterocycles. The van der Waals surface area contributed by atoms with Crippen LogP contribution in [-0.2, 0) is 27.8 Å². The lowest BCUT2D eigenvalue weighted by molar-refractivity contribution is -0.135. The maximum atomic E-state index is 12.9. The van der Waals surface area contributed by atoms with Crippen molar-refractivity contribution in [1.82, 2.24) is 14.9 Å². The van der Waals surface area contributed by atoms with Crippen molar-refractivity contribution in [3.05, 3.63) is 47.3 Å². The first-order chi connectivity index (χ1) is 14.5. The number of nitrogens with one attached hydrogen (secondary N) is 1. The van der Waals surface area contributed by atoms with Crippen molar-refractivity contribution < 1.29 is 9.59 Å². The van der Waals surface area contributed by atoms with Crippen LogP contribution in [0.2, 0.25) is 0 Å². The molecule has 0 bridgehead atoms. The molecule has 0 radical (unpaired) electrons. The van der Waals surface area contributed by atoms with Crippen molar-refractivity contribution in [2.24, 2.45) is 0 Å².